The first-order chi connectivity index (χ1) is 14.0. The van der Waals surface area contributed by atoms with Crippen LogP contribution in [0.2, 0.25) is 5.02 Å². The normalized spacial score (nSPS) is 11.4. The third-order valence-electron chi connectivity index (χ3n) is 3.97. The first-order valence-corrected chi connectivity index (χ1v) is 10.5. The molecule has 0 aliphatic rings. The zero-order chi connectivity index (χ0) is 20.7. The quantitative estimate of drug-likeness (QED) is 0.428. The highest BCUT2D eigenvalue weighted by molar-refractivity contribution is 7.89. The highest BCUT2D eigenvalue weighted by Gasteiger charge is 2.11. The second kappa shape index (κ2) is 9.45. The fourth-order valence-corrected chi connectivity index (χ4v) is 3.48. The van der Waals surface area contributed by atoms with Crippen molar-refractivity contribution in [1.82, 2.24) is 4.83 Å². The summed E-state index contributed by atoms with van der Waals surface area (Å²) in [5.74, 6) is 1.03. The number of hydrazone groups is 1. The van der Waals surface area contributed by atoms with Crippen LogP contribution in [0.25, 0.3) is 0 Å². The van der Waals surface area contributed by atoms with Crippen molar-refractivity contribution in [3.8, 4) is 11.5 Å². The minimum atomic E-state index is -3.71. The van der Waals surface area contributed by atoms with Crippen molar-refractivity contribution in [1.29, 1.82) is 0 Å². The van der Waals surface area contributed by atoms with Crippen LogP contribution >= 0.6 is 11.6 Å². The molecule has 3 aromatic rings. The lowest BCUT2D eigenvalue weighted by Crippen LogP contribution is -2.18. The standard InChI is InChI=1S/C21H19ClN2O4S/c1-27-21-13-16(14-23-24-29(25,26)18-8-3-2-4-9-18)11-12-20(21)28-15-17-7-5-6-10-19(17)22/h2-14,24H,15H2,1H3/b23-14-. The Kier molecular flexibility index (Phi) is 6.74. The molecular weight excluding hydrogens is 412 g/mol. The van der Waals surface area contributed by atoms with Gasteiger partial charge >= 0.3 is 0 Å². The number of rotatable bonds is 8. The maximum Gasteiger partial charge on any atom is 0.276 e. The van der Waals surface area contributed by atoms with Crippen molar-refractivity contribution in [2.24, 2.45) is 5.10 Å². The van der Waals surface area contributed by atoms with Gasteiger partial charge in [-0.15, -0.1) is 0 Å². The van der Waals surface area contributed by atoms with Crippen LogP contribution in [-0.4, -0.2) is 21.7 Å². The maximum atomic E-state index is 12.2. The topological polar surface area (TPSA) is 77.0 Å². The maximum absolute atomic E-state index is 12.2. The Morgan fingerprint density at radius 2 is 1.72 bits per heavy atom. The van der Waals surface area contributed by atoms with E-state index < -0.39 is 10.0 Å². The Balaban J connectivity index is 1.68. The smallest absolute Gasteiger partial charge is 0.276 e. The van der Waals surface area contributed by atoms with Crippen molar-refractivity contribution in [3.05, 3.63) is 88.9 Å². The Morgan fingerprint density at radius 3 is 2.45 bits per heavy atom. The molecule has 0 unspecified atom stereocenters. The van der Waals surface area contributed by atoms with Crippen LogP contribution in [0.4, 0.5) is 0 Å². The summed E-state index contributed by atoms with van der Waals surface area (Å²) in [5.41, 5.74) is 1.50. The predicted molar refractivity (Wildman–Crippen MR) is 113 cm³/mol. The zero-order valence-corrected chi connectivity index (χ0v) is 17.2. The SMILES string of the molecule is COc1cc(/C=N\NS(=O)(=O)c2ccccc2)ccc1OCc1ccccc1Cl. The van der Waals surface area contributed by atoms with E-state index in [-0.39, 0.29) is 4.90 Å². The van der Waals surface area contributed by atoms with Gasteiger partial charge < -0.3 is 9.47 Å². The fourth-order valence-electron chi connectivity index (χ4n) is 2.48. The van der Waals surface area contributed by atoms with Crippen LogP contribution in [-0.2, 0) is 16.6 Å². The number of hydrogen-bond acceptors (Lipinski definition) is 5. The minimum absolute atomic E-state index is 0.137. The van der Waals surface area contributed by atoms with Crippen LogP contribution in [0.1, 0.15) is 11.1 Å². The second-order valence-electron chi connectivity index (χ2n) is 5.96. The molecule has 8 heteroatoms. The average Bonchev–Trinajstić information content (AvgIpc) is 2.74. The Morgan fingerprint density at radius 1 is 1.00 bits per heavy atom. The molecule has 0 aliphatic heterocycles. The summed E-state index contributed by atoms with van der Waals surface area (Å²) in [4.78, 5) is 2.32. The molecular formula is C21H19ClN2O4S. The van der Waals surface area contributed by atoms with Gasteiger partial charge in [0, 0.05) is 10.6 Å². The lowest BCUT2D eigenvalue weighted by atomic mass is 10.2. The van der Waals surface area contributed by atoms with Crippen LogP contribution in [0, 0.1) is 0 Å². The molecule has 1 N–H and O–H groups in total. The van der Waals surface area contributed by atoms with Gasteiger partial charge in [-0.2, -0.15) is 13.5 Å². The van der Waals surface area contributed by atoms with E-state index in [2.05, 4.69) is 9.93 Å². The minimum Gasteiger partial charge on any atom is -0.493 e. The zero-order valence-electron chi connectivity index (χ0n) is 15.6. The molecule has 0 saturated carbocycles. The van der Waals surface area contributed by atoms with Gasteiger partial charge in [0.2, 0.25) is 0 Å². The van der Waals surface area contributed by atoms with Gasteiger partial charge in [0.1, 0.15) is 6.61 Å². The first kappa shape index (κ1) is 20.7. The summed E-state index contributed by atoms with van der Waals surface area (Å²) in [6.07, 6.45) is 1.39. The molecule has 0 atom stereocenters. The van der Waals surface area contributed by atoms with Crippen LogP contribution < -0.4 is 14.3 Å². The number of methoxy groups -OCH3 is 1. The number of hydrogen-bond donors (Lipinski definition) is 1. The Hall–Kier alpha value is -3.03. The van der Waals surface area contributed by atoms with Crippen molar-refractivity contribution >= 4 is 27.8 Å². The van der Waals surface area contributed by atoms with E-state index in [0.29, 0.717) is 28.7 Å². The van der Waals surface area contributed by atoms with E-state index in [1.165, 1.54) is 25.5 Å². The number of benzene rings is 3. The van der Waals surface area contributed by atoms with Gasteiger partial charge in [-0.1, -0.05) is 48.0 Å². The number of halogens is 1. The molecule has 0 aromatic heterocycles. The Bertz CT molecular complexity index is 1100. The lowest BCUT2D eigenvalue weighted by molar-refractivity contribution is 0.284. The number of sulfonamides is 1. The van der Waals surface area contributed by atoms with Crippen molar-refractivity contribution in [2.75, 3.05) is 7.11 Å². The summed E-state index contributed by atoms with van der Waals surface area (Å²) in [6, 6.07) is 20.6. The van der Waals surface area contributed by atoms with Gasteiger partial charge in [0.25, 0.3) is 10.0 Å². The number of nitrogens with zero attached hydrogens (tertiary/aromatic N) is 1. The van der Waals surface area contributed by atoms with Crippen molar-refractivity contribution < 1.29 is 17.9 Å². The molecule has 0 amide bonds. The Labute approximate surface area is 174 Å². The molecule has 29 heavy (non-hydrogen) atoms. The largest absolute Gasteiger partial charge is 0.493 e. The van der Waals surface area contributed by atoms with Gasteiger partial charge in [0.15, 0.2) is 11.5 Å². The molecule has 3 aromatic carbocycles. The van der Waals surface area contributed by atoms with E-state index in [9.17, 15) is 8.42 Å². The molecule has 0 radical (unpaired) electrons. The molecule has 0 saturated heterocycles. The van der Waals surface area contributed by atoms with Gasteiger partial charge in [-0.25, -0.2) is 4.83 Å². The molecule has 3 rings (SSSR count). The van der Waals surface area contributed by atoms with Gasteiger partial charge in [0.05, 0.1) is 18.2 Å². The van der Waals surface area contributed by atoms with Crippen molar-refractivity contribution in [3.63, 3.8) is 0 Å². The van der Waals surface area contributed by atoms with Crippen LogP contribution in [0.15, 0.2) is 82.8 Å². The molecule has 0 bridgehead atoms. The summed E-state index contributed by atoms with van der Waals surface area (Å²) in [6.45, 7) is 0.292. The molecule has 0 aliphatic carbocycles. The van der Waals surface area contributed by atoms with Gasteiger partial charge in [-0.05, 0) is 42.0 Å². The van der Waals surface area contributed by atoms with E-state index in [4.69, 9.17) is 21.1 Å². The van der Waals surface area contributed by atoms with E-state index in [1.54, 1.807) is 42.5 Å². The monoisotopic (exact) mass is 430 g/mol. The second-order valence-corrected chi connectivity index (χ2v) is 8.02. The van der Waals surface area contributed by atoms with Crippen LogP contribution in [0.5, 0.6) is 11.5 Å². The molecule has 150 valence electrons. The molecule has 0 spiro atoms. The molecule has 0 fully saturated rings. The van der Waals surface area contributed by atoms with E-state index >= 15 is 0 Å². The van der Waals surface area contributed by atoms with E-state index in [1.807, 2.05) is 18.2 Å². The third kappa shape index (κ3) is 5.49. The average molecular weight is 431 g/mol. The predicted octanol–water partition coefficient (Wildman–Crippen LogP) is 4.24. The third-order valence-corrected chi connectivity index (χ3v) is 5.58. The summed E-state index contributed by atoms with van der Waals surface area (Å²) >= 11 is 6.14. The molecule has 6 nitrogen and oxygen atoms in total. The summed E-state index contributed by atoms with van der Waals surface area (Å²) < 4.78 is 35.5. The summed E-state index contributed by atoms with van der Waals surface area (Å²) in [7, 11) is -2.19. The first-order valence-electron chi connectivity index (χ1n) is 8.64. The fraction of sp³-hybridized carbons (Fsp3) is 0.0952. The highest BCUT2D eigenvalue weighted by Crippen LogP contribution is 2.29. The van der Waals surface area contributed by atoms with Crippen LogP contribution in [0.3, 0.4) is 0 Å². The van der Waals surface area contributed by atoms with Crippen molar-refractivity contribution in [2.45, 2.75) is 11.5 Å². The van der Waals surface area contributed by atoms with Gasteiger partial charge in [-0.3, -0.25) is 0 Å². The summed E-state index contributed by atoms with van der Waals surface area (Å²) in [5, 5.41) is 4.45. The molecule has 0 heterocycles. The lowest BCUT2D eigenvalue weighted by Gasteiger charge is -2.12. The highest BCUT2D eigenvalue weighted by atomic mass is 35.5. The van der Waals surface area contributed by atoms with E-state index in [0.717, 1.165) is 5.56 Å². The number of ether oxygens (including phenoxy) is 2. The number of nitrogens with one attached hydrogen (secondary N) is 1.